The van der Waals surface area contributed by atoms with E-state index in [4.69, 9.17) is 9.47 Å². The Kier molecular flexibility index (Phi) is 5.93. The highest BCUT2D eigenvalue weighted by Crippen LogP contribution is 2.06. The number of esters is 2. The second-order valence-electron chi connectivity index (χ2n) is 2.62. The maximum atomic E-state index is 10.7. The van der Waals surface area contributed by atoms with Crippen molar-refractivity contribution in [2.75, 3.05) is 6.61 Å². The van der Waals surface area contributed by atoms with E-state index in [1.807, 2.05) is 0 Å². The van der Waals surface area contributed by atoms with Crippen molar-refractivity contribution in [3.63, 3.8) is 0 Å². The van der Waals surface area contributed by atoms with E-state index in [9.17, 15) is 9.59 Å². The highest BCUT2D eigenvalue weighted by atomic mass is 16.6. The zero-order valence-electron chi connectivity index (χ0n) is 8.25. The number of ether oxygens (including phenoxy) is 2. The molecule has 0 N–H and O–H groups in total. The molecule has 0 aliphatic carbocycles. The van der Waals surface area contributed by atoms with E-state index in [0.717, 1.165) is 0 Å². The Hall–Kier alpha value is -1.06. The van der Waals surface area contributed by atoms with Crippen LogP contribution in [0.5, 0.6) is 0 Å². The fourth-order valence-electron chi connectivity index (χ4n) is 0.707. The smallest absolute Gasteiger partial charge is 0.305 e. The molecule has 13 heavy (non-hydrogen) atoms. The number of carbonyl (C=O) groups excluding carboxylic acids is 2. The summed E-state index contributed by atoms with van der Waals surface area (Å²) < 4.78 is 9.54. The molecule has 1 radical (unpaired) electrons. The Morgan fingerprint density at radius 1 is 1.23 bits per heavy atom. The van der Waals surface area contributed by atoms with Gasteiger partial charge in [-0.05, 0) is 6.92 Å². The Morgan fingerprint density at radius 2 is 1.85 bits per heavy atom. The minimum absolute atomic E-state index is 0.240. The standard InChI is InChI=1S/C9H15O4/c1-4-9(11)12-6-5-7(2)13-8(3)10/h4-6H2,1-3H3. The van der Waals surface area contributed by atoms with Crippen molar-refractivity contribution in [1.29, 1.82) is 0 Å². The first-order valence-electron chi connectivity index (χ1n) is 4.22. The number of rotatable bonds is 5. The van der Waals surface area contributed by atoms with Crippen LogP contribution in [0.25, 0.3) is 0 Å². The summed E-state index contributed by atoms with van der Waals surface area (Å²) in [5.41, 5.74) is 0. The molecule has 4 heteroatoms. The van der Waals surface area contributed by atoms with Crippen molar-refractivity contribution < 1.29 is 19.1 Å². The van der Waals surface area contributed by atoms with Gasteiger partial charge in [0.25, 0.3) is 0 Å². The van der Waals surface area contributed by atoms with Gasteiger partial charge in [-0.25, -0.2) is 0 Å². The summed E-state index contributed by atoms with van der Waals surface area (Å²) in [6.45, 7) is 5.01. The lowest BCUT2D eigenvalue weighted by molar-refractivity contribution is -0.144. The molecule has 0 rings (SSSR count). The second-order valence-corrected chi connectivity index (χ2v) is 2.62. The van der Waals surface area contributed by atoms with Gasteiger partial charge in [0.05, 0.1) is 6.61 Å². The van der Waals surface area contributed by atoms with Gasteiger partial charge in [0.2, 0.25) is 0 Å². The van der Waals surface area contributed by atoms with Gasteiger partial charge >= 0.3 is 11.9 Å². The molecular weight excluding hydrogens is 172 g/mol. The van der Waals surface area contributed by atoms with Crippen molar-refractivity contribution in [2.24, 2.45) is 0 Å². The first kappa shape index (κ1) is 11.9. The molecule has 0 amide bonds. The highest BCUT2D eigenvalue weighted by molar-refractivity contribution is 5.68. The molecule has 0 aromatic rings. The molecule has 0 heterocycles. The molecule has 4 nitrogen and oxygen atoms in total. The third-order valence-electron chi connectivity index (χ3n) is 1.32. The van der Waals surface area contributed by atoms with Crippen LogP contribution in [-0.2, 0) is 19.1 Å². The molecule has 0 saturated carbocycles. The quantitative estimate of drug-likeness (QED) is 0.611. The minimum Gasteiger partial charge on any atom is -0.466 e. The topological polar surface area (TPSA) is 52.6 Å². The van der Waals surface area contributed by atoms with Gasteiger partial charge in [-0.1, -0.05) is 6.92 Å². The fraction of sp³-hybridized carbons (Fsp3) is 0.667. The summed E-state index contributed by atoms with van der Waals surface area (Å²) in [5.74, 6) is -0.588. The minimum atomic E-state index is -0.348. The number of carbonyl (C=O) groups is 2. The third kappa shape index (κ3) is 7.31. The highest BCUT2D eigenvalue weighted by Gasteiger charge is 2.07. The molecule has 0 aliphatic rings. The maximum Gasteiger partial charge on any atom is 0.305 e. The van der Waals surface area contributed by atoms with Crippen LogP contribution in [0.15, 0.2) is 0 Å². The molecule has 0 saturated heterocycles. The van der Waals surface area contributed by atoms with Gasteiger partial charge in [0.1, 0.15) is 0 Å². The summed E-state index contributed by atoms with van der Waals surface area (Å²) in [4.78, 5) is 21.1. The van der Waals surface area contributed by atoms with Crippen LogP contribution >= 0.6 is 0 Å². The van der Waals surface area contributed by atoms with E-state index >= 15 is 0 Å². The summed E-state index contributed by atoms with van der Waals surface area (Å²) in [7, 11) is 0. The lowest BCUT2D eigenvalue weighted by atomic mass is 10.3. The molecule has 75 valence electrons. The van der Waals surface area contributed by atoms with Crippen molar-refractivity contribution in [1.82, 2.24) is 0 Å². The first-order valence-corrected chi connectivity index (χ1v) is 4.22. The molecule has 0 unspecified atom stereocenters. The Bertz CT molecular complexity index is 176. The predicted molar refractivity (Wildman–Crippen MR) is 46.6 cm³/mol. The van der Waals surface area contributed by atoms with Crippen LogP contribution in [0, 0.1) is 6.10 Å². The summed E-state index contributed by atoms with van der Waals surface area (Å²) >= 11 is 0. The molecule has 0 spiro atoms. The zero-order chi connectivity index (χ0) is 10.3. The van der Waals surface area contributed by atoms with Crippen LogP contribution in [0.3, 0.4) is 0 Å². The number of hydrogen-bond donors (Lipinski definition) is 0. The van der Waals surface area contributed by atoms with Crippen molar-refractivity contribution in [3.8, 4) is 0 Å². The monoisotopic (exact) mass is 187 g/mol. The predicted octanol–water partition coefficient (Wildman–Crippen LogP) is 1.44. The summed E-state index contributed by atoms with van der Waals surface area (Å²) in [5, 5.41) is 0. The van der Waals surface area contributed by atoms with Crippen LogP contribution in [-0.4, -0.2) is 18.5 Å². The summed E-state index contributed by atoms with van der Waals surface area (Å²) in [6, 6.07) is 0. The van der Waals surface area contributed by atoms with E-state index in [0.29, 0.717) is 18.9 Å². The molecular formula is C9H15O4. The Balaban J connectivity index is 3.42. The molecule has 0 aromatic carbocycles. The van der Waals surface area contributed by atoms with Crippen LogP contribution in [0.1, 0.15) is 33.6 Å². The summed E-state index contributed by atoms with van der Waals surface area (Å²) in [6.07, 6.45) is 1.40. The van der Waals surface area contributed by atoms with E-state index < -0.39 is 0 Å². The Labute approximate surface area is 78.2 Å². The van der Waals surface area contributed by atoms with E-state index in [2.05, 4.69) is 0 Å². The van der Waals surface area contributed by atoms with Gasteiger partial charge in [-0.2, -0.15) is 0 Å². The molecule has 0 atom stereocenters. The van der Waals surface area contributed by atoms with Crippen molar-refractivity contribution in [3.05, 3.63) is 6.10 Å². The lowest BCUT2D eigenvalue weighted by Gasteiger charge is -2.09. The van der Waals surface area contributed by atoms with Crippen LogP contribution in [0.4, 0.5) is 0 Å². The average molecular weight is 187 g/mol. The largest absolute Gasteiger partial charge is 0.466 e. The van der Waals surface area contributed by atoms with Gasteiger partial charge in [0, 0.05) is 19.8 Å². The van der Waals surface area contributed by atoms with Gasteiger partial charge in [-0.3, -0.25) is 9.59 Å². The van der Waals surface area contributed by atoms with Crippen LogP contribution in [0.2, 0.25) is 0 Å². The second kappa shape index (κ2) is 6.46. The van der Waals surface area contributed by atoms with Gasteiger partial charge in [0.15, 0.2) is 6.10 Å². The van der Waals surface area contributed by atoms with E-state index in [1.165, 1.54) is 6.92 Å². The normalized spacial score (nSPS) is 9.85. The molecule has 0 aliphatic heterocycles. The first-order chi connectivity index (χ1) is 6.06. The van der Waals surface area contributed by atoms with E-state index in [-0.39, 0.29) is 18.5 Å². The third-order valence-corrected chi connectivity index (χ3v) is 1.32. The molecule has 0 bridgehead atoms. The van der Waals surface area contributed by atoms with Gasteiger partial charge in [-0.15, -0.1) is 0 Å². The lowest BCUT2D eigenvalue weighted by Crippen LogP contribution is -2.10. The SMILES string of the molecule is CCC(=O)OCC[C](C)OC(C)=O. The van der Waals surface area contributed by atoms with E-state index in [1.54, 1.807) is 13.8 Å². The average Bonchev–Trinajstić information content (AvgIpc) is 2.02. The zero-order valence-corrected chi connectivity index (χ0v) is 8.25. The Morgan fingerprint density at radius 3 is 2.31 bits per heavy atom. The van der Waals surface area contributed by atoms with Crippen molar-refractivity contribution in [2.45, 2.75) is 33.6 Å². The number of hydrogen-bond acceptors (Lipinski definition) is 4. The fourth-order valence-corrected chi connectivity index (χ4v) is 0.707. The van der Waals surface area contributed by atoms with Crippen molar-refractivity contribution >= 4 is 11.9 Å². The molecule has 0 fully saturated rings. The van der Waals surface area contributed by atoms with Gasteiger partial charge < -0.3 is 9.47 Å². The maximum absolute atomic E-state index is 10.7. The molecule has 0 aromatic heterocycles. The van der Waals surface area contributed by atoms with Crippen LogP contribution < -0.4 is 0 Å².